The molecule has 2 heterocycles. The van der Waals surface area contributed by atoms with Crippen molar-refractivity contribution in [1.82, 2.24) is 14.5 Å². The van der Waals surface area contributed by atoms with Crippen molar-refractivity contribution < 1.29 is 4.39 Å². The molecule has 0 radical (unpaired) electrons. The van der Waals surface area contributed by atoms with Crippen LogP contribution < -0.4 is 0 Å². The van der Waals surface area contributed by atoms with Crippen molar-refractivity contribution in [3.8, 4) is 28.3 Å². The number of rotatable bonds is 2. The molecular formula is C55H46FN3. The van der Waals surface area contributed by atoms with Crippen LogP contribution in [-0.2, 0) is 10.8 Å². The van der Waals surface area contributed by atoms with Crippen molar-refractivity contribution in [2.45, 2.75) is 70.6 Å². The number of aromatic nitrogens is 3. The standard InChI is InChI=1S/C55H46FN3/c1-30-23-44-41-22-21-38-40(16-10-17-45(38)54(2,3)4)51(41)59(53-57-47-18-8-7-14-43(47)50(58-53)39-15-9-12-33-11-5-6-13-37(33)39)52(44)48-42-20-19-36(56)29-46(42)55(49(30)48)34-25-31-24-32(27-34)28-35(55)26-31/h5-23,29,31-32,34-35H,24-28H2,1-4H3. The second-order valence-electron chi connectivity index (χ2n) is 19.6. The molecular weight excluding hydrogens is 722 g/mol. The zero-order chi connectivity index (χ0) is 39.5. The second-order valence-corrected chi connectivity index (χ2v) is 19.6. The molecule has 0 atom stereocenters. The molecule has 0 amide bonds. The normalized spacial score (nSPS) is 23.1. The maximum absolute atomic E-state index is 15.9. The van der Waals surface area contributed by atoms with Crippen molar-refractivity contribution in [2.75, 3.05) is 0 Å². The Hall–Kier alpha value is -5.87. The van der Waals surface area contributed by atoms with Gasteiger partial charge in [-0.25, -0.2) is 14.4 Å². The molecule has 5 aliphatic carbocycles. The van der Waals surface area contributed by atoms with Crippen molar-refractivity contribution >= 4 is 54.3 Å². The van der Waals surface area contributed by atoms with Gasteiger partial charge >= 0.3 is 0 Å². The molecule has 5 aliphatic rings. The molecule has 4 heteroatoms. The van der Waals surface area contributed by atoms with Crippen LogP contribution in [0.5, 0.6) is 0 Å². The summed E-state index contributed by atoms with van der Waals surface area (Å²) < 4.78 is 18.3. The maximum Gasteiger partial charge on any atom is 0.235 e. The lowest BCUT2D eigenvalue weighted by Gasteiger charge is -2.61. The van der Waals surface area contributed by atoms with Gasteiger partial charge in [-0.3, -0.25) is 4.57 Å². The van der Waals surface area contributed by atoms with Crippen molar-refractivity contribution in [3.63, 3.8) is 0 Å². The monoisotopic (exact) mass is 767 g/mol. The highest BCUT2D eigenvalue weighted by Gasteiger charge is 2.62. The molecule has 9 aromatic rings. The van der Waals surface area contributed by atoms with Gasteiger partial charge in [0.2, 0.25) is 5.95 Å². The molecule has 0 N–H and O–H groups in total. The van der Waals surface area contributed by atoms with Crippen LogP contribution >= 0.6 is 0 Å². The Morgan fingerprint density at radius 3 is 2.08 bits per heavy atom. The summed E-state index contributed by atoms with van der Waals surface area (Å²) in [6.07, 6.45) is 6.34. The fourth-order valence-electron chi connectivity index (χ4n) is 13.6. The summed E-state index contributed by atoms with van der Waals surface area (Å²) in [6.45, 7) is 9.27. The number of para-hydroxylation sites is 1. The highest BCUT2D eigenvalue weighted by molar-refractivity contribution is 6.22. The van der Waals surface area contributed by atoms with Crippen LogP contribution in [0.1, 0.15) is 75.1 Å². The highest BCUT2D eigenvalue weighted by atomic mass is 19.1. The fraction of sp³-hybridized carbons (Fsp3) is 0.273. The van der Waals surface area contributed by atoms with Gasteiger partial charge in [0.05, 0.1) is 22.2 Å². The van der Waals surface area contributed by atoms with Crippen LogP contribution in [0.3, 0.4) is 0 Å². The SMILES string of the molecule is Cc1cc2c3ccc4c(C(C)(C)C)cccc4c3n(-c3nc(-c4cccc5ccccc45)c4ccccc4n3)c2c2c1C1(c3cc(F)ccc3-2)C2CC3CC(C2)CC1C3. The zero-order valence-electron chi connectivity index (χ0n) is 34.1. The van der Waals surface area contributed by atoms with Crippen LogP contribution in [0.4, 0.5) is 4.39 Å². The molecule has 1 spiro atoms. The number of fused-ring (bicyclic) bond motifs is 11. The van der Waals surface area contributed by atoms with E-state index >= 15 is 4.39 Å². The van der Waals surface area contributed by atoms with Crippen LogP contribution in [0.25, 0.3) is 82.6 Å². The topological polar surface area (TPSA) is 30.7 Å². The molecule has 288 valence electrons. The maximum atomic E-state index is 15.9. The van der Waals surface area contributed by atoms with Crippen molar-refractivity contribution in [2.24, 2.45) is 23.7 Å². The van der Waals surface area contributed by atoms with Crippen molar-refractivity contribution in [1.29, 1.82) is 0 Å². The largest absolute Gasteiger partial charge is 0.277 e. The predicted octanol–water partition coefficient (Wildman–Crippen LogP) is 14.2. The van der Waals surface area contributed by atoms with Gasteiger partial charge in [-0.05, 0) is 136 Å². The van der Waals surface area contributed by atoms with Gasteiger partial charge in [-0.15, -0.1) is 0 Å². The fourth-order valence-corrected chi connectivity index (χ4v) is 13.6. The number of nitrogens with zero attached hydrogens (tertiary/aromatic N) is 3. The summed E-state index contributed by atoms with van der Waals surface area (Å²) >= 11 is 0. The molecule has 0 aliphatic heterocycles. The molecule has 4 saturated carbocycles. The van der Waals surface area contributed by atoms with E-state index in [0.717, 1.165) is 45.0 Å². The summed E-state index contributed by atoms with van der Waals surface area (Å²) in [5.74, 6) is 3.15. The lowest BCUT2D eigenvalue weighted by molar-refractivity contribution is -0.0402. The predicted molar refractivity (Wildman–Crippen MR) is 241 cm³/mol. The van der Waals surface area contributed by atoms with Crippen LogP contribution in [0, 0.1) is 36.4 Å². The summed E-state index contributed by atoms with van der Waals surface area (Å²) in [4.78, 5) is 11.3. The van der Waals surface area contributed by atoms with Gasteiger partial charge in [-0.2, -0.15) is 0 Å². The Morgan fingerprint density at radius 2 is 1.29 bits per heavy atom. The third kappa shape index (κ3) is 4.42. The van der Waals surface area contributed by atoms with Gasteiger partial charge in [0, 0.05) is 38.1 Å². The molecule has 0 saturated heterocycles. The minimum absolute atomic E-state index is 0.0578. The third-order valence-corrected chi connectivity index (χ3v) is 15.4. The Kier molecular flexibility index (Phi) is 6.72. The van der Waals surface area contributed by atoms with E-state index in [9.17, 15) is 0 Å². The molecule has 2 aromatic heterocycles. The van der Waals surface area contributed by atoms with E-state index in [1.54, 1.807) is 6.07 Å². The Morgan fingerprint density at radius 1 is 0.610 bits per heavy atom. The Bertz CT molecular complexity index is 3270. The van der Waals surface area contributed by atoms with E-state index in [0.29, 0.717) is 17.8 Å². The third-order valence-electron chi connectivity index (χ3n) is 15.4. The molecule has 3 nitrogen and oxygen atoms in total. The first kappa shape index (κ1) is 34.0. The average Bonchev–Trinajstić information content (AvgIpc) is 3.72. The summed E-state index contributed by atoms with van der Waals surface area (Å²) in [6, 6.07) is 43.4. The van der Waals surface area contributed by atoms with Gasteiger partial charge < -0.3 is 0 Å². The highest BCUT2D eigenvalue weighted by Crippen LogP contribution is 2.70. The van der Waals surface area contributed by atoms with Gasteiger partial charge in [0.25, 0.3) is 0 Å². The number of hydrogen-bond acceptors (Lipinski definition) is 2. The molecule has 59 heavy (non-hydrogen) atoms. The van der Waals surface area contributed by atoms with Gasteiger partial charge in [0.1, 0.15) is 5.82 Å². The first-order valence-corrected chi connectivity index (χ1v) is 21.8. The van der Waals surface area contributed by atoms with Crippen LogP contribution in [0.15, 0.2) is 121 Å². The molecule has 7 aromatic carbocycles. The minimum Gasteiger partial charge on any atom is -0.277 e. The number of halogens is 1. The van der Waals surface area contributed by atoms with Gasteiger partial charge in [0.15, 0.2) is 0 Å². The number of hydrogen-bond donors (Lipinski definition) is 0. The first-order chi connectivity index (χ1) is 28.7. The van der Waals surface area contributed by atoms with E-state index in [4.69, 9.17) is 9.97 Å². The van der Waals surface area contributed by atoms with E-state index in [-0.39, 0.29) is 16.6 Å². The number of aryl methyl sites for hydroxylation is 1. The lowest BCUT2D eigenvalue weighted by atomic mass is 9.43. The van der Waals surface area contributed by atoms with Crippen molar-refractivity contribution in [3.05, 3.63) is 149 Å². The van der Waals surface area contributed by atoms with Crippen LogP contribution in [-0.4, -0.2) is 14.5 Å². The lowest BCUT2D eigenvalue weighted by Crippen LogP contribution is -2.55. The second kappa shape index (κ2) is 11.7. The van der Waals surface area contributed by atoms with Crippen LogP contribution in [0.2, 0.25) is 0 Å². The minimum atomic E-state index is -0.195. The number of benzene rings is 7. The van der Waals surface area contributed by atoms with E-state index in [2.05, 4.69) is 141 Å². The Balaban J connectivity index is 1.23. The van der Waals surface area contributed by atoms with Gasteiger partial charge in [-0.1, -0.05) is 118 Å². The smallest absolute Gasteiger partial charge is 0.235 e. The van der Waals surface area contributed by atoms with E-state index < -0.39 is 0 Å². The summed E-state index contributed by atoms with van der Waals surface area (Å²) in [7, 11) is 0. The average molecular weight is 768 g/mol. The quantitative estimate of drug-likeness (QED) is 0.175. The molecule has 4 fully saturated rings. The summed E-state index contributed by atoms with van der Waals surface area (Å²) in [5, 5.41) is 8.24. The molecule has 14 rings (SSSR count). The first-order valence-electron chi connectivity index (χ1n) is 21.8. The molecule has 0 unspecified atom stereocenters. The Labute approximate surface area is 343 Å². The summed E-state index contributed by atoms with van der Waals surface area (Å²) in [5.41, 5.74) is 12.7. The molecule has 4 bridgehead atoms. The van der Waals surface area contributed by atoms with E-state index in [1.807, 2.05) is 6.07 Å². The zero-order valence-corrected chi connectivity index (χ0v) is 34.1. The van der Waals surface area contributed by atoms with E-state index in [1.165, 1.54) is 97.8 Å².